The maximum atomic E-state index is 12.1. The highest BCUT2D eigenvalue weighted by Gasteiger charge is 2.17. The molecule has 3 N–H and O–H groups in total. The molecule has 2 aromatic rings. The van der Waals surface area contributed by atoms with Crippen molar-refractivity contribution in [2.75, 3.05) is 11.9 Å². The average molecular weight is 354 g/mol. The van der Waals surface area contributed by atoms with Crippen LogP contribution >= 0.6 is 27.3 Å². The van der Waals surface area contributed by atoms with Crippen LogP contribution in [0, 0.1) is 0 Å². The minimum atomic E-state index is -0.353. The molecule has 0 bridgehead atoms. The number of halogens is 1. The summed E-state index contributed by atoms with van der Waals surface area (Å²) in [5, 5.41) is 16.4. The normalized spacial score (nSPS) is 13.8. The fourth-order valence-corrected chi connectivity index (χ4v) is 3.36. The predicted molar refractivity (Wildman–Crippen MR) is 81.3 cm³/mol. The van der Waals surface area contributed by atoms with Crippen molar-refractivity contribution in [2.24, 2.45) is 0 Å². The molecule has 1 amide bonds. The van der Waals surface area contributed by atoms with Gasteiger partial charge in [-0.1, -0.05) is 15.9 Å². The number of benzene rings is 1. The van der Waals surface area contributed by atoms with E-state index in [0.29, 0.717) is 5.13 Å². The first kappa shape index (κ1) is 13.5. The van der Waals surface area contributed by atoms with Crippen LogP contribution in [0.15, 0.2) is 22.7 Å². The van der Waals surface area contributed by atoms with Crippen LogP contribution in [0.1, 0.15) is 20.9 Å². The van der Waals surface area contributed by atoms with E-state index in [9.17, 15) is 9.90 Å². The van der Waals surface area contributed by atoms with Gasteiger partial charge in [-0.2, -0.15) is 0 Å². The number of nitrogens with one attached hydrogen (secondary N) is 2. The summed E-state index contributed by atoms with van der Waals surface area (Å²) in [6.45, 7) is 1.71. The van der Waals surface area contributed by atoms with E-state index in [-0.39, 0.29) is 17.2 Å². The molecule has 20 heavy (non-hydrogen) atoms. The van der Waals surface area contributed by atoms with Crippen LogP contribution < -0.4 is 10.6 Å². The van der Waals surface area contributed by atoms with Crippen molar-refractivity contribution in [3.63, 3.8) is 0 Å². The summed E-state index contributed by atoms with van der Waals surface area (Å²) >= 11 is 4.71. The molecule has 0 fully saturated rings. The van der Waals surface area contributed by atoms with Gasteiger partial charge in [0, 0.05) is 28.9 Å². The van der Waals surface area contributed by atoms with Gasteiger partial charge in [0.05, 0.1) is 11.3 Å². The fraction of sp³-hybridized carbons (Fsp3) is 0.231. The molecular weight excluding hydrogens is 342 g/mol. The van der Waals surface area contributed by atoms with Gasteiger partial charge in [-0.05, 0) is 18.2 Å². The number of phenols is 1. The van der Waals surface area contributed by atoms with Crippen LogP contribution in [0.5, 0.6) is 5.75 Å². The van der Waals surface area contributed by atoms with Crippen LogP contribution in [-0.4, -0.2) is 22.5 Å². The number of hydrogen-bond acceptors (Lipinski definition) is 5. The van der Waals surface area contributed by atoms with Crippen molar-refractivity contribution in [2.45, 2.75) is 13.0 Å². The first-order chi connectivity index (χ1) is 9.63. The second-order valence-corrected chi connectivity index (χ2v) is 6.43. The predicted octanol–water partition coefficient (Wildman–Crippen LogP) is 2.51. The number of thiazole rings is 1. The van der Waals surface area contributed by atoms with E-state index >= 15 is 0 Å². The van der Waals surface area contributed by atoms with E-state index in [2.05, 4.69) is 31.5 Å². The number of phenolic OH excluding ortho intramolecular Hbond substituents is 1. The smallest absolute Gasteiger partial charge is 0.261 e. The van der Waals surface area contributed by atoms with E-state index in [1.54, 1.807) is 12.1 Å². The summed E-state index contributed by atoms with van der Waals surface area (Å²) < 4.78 is 0.724. The maximum absolute atomic E-state index is 12.1. The second-order valence-electron chi connectivity index (χ2n) is 4.43. The van der Waals surface area contributed by atoms with Crippen molar-refractivity contribution in [1.82, 2.24) is 10.3 Å². The molecule has 1 aliphatic rings. The molecule has 0 radical (unpaired) electrons. The van der Waals surface area contributed by atoms with Gasteiger partial charge < -0.3 is 10.4 Å². The largest absolute Gasteiger partial charge is 0.507 e. The zero-order chi connectivity index (χ0) is 14.1. The second kappa shape index (κ2) is 5.51. The van der Waals surface area contributed by atoms with Crippen molar-refractivity contribution in [3.05, 3.63) is 38.8 Å². The summed E-state index contributed by atoms with van der Waals surface area (Å²) in [6, 6.07) is 4.78. The number of fused-ring (bicyclic) bond motifs is 1. The van der Waals surface area contributed by atoms with Crippen LogP contribution in [0.3, 0.4) is 0 Å². The molecule has 0 atom stereocenters. The molecule has 0 aliphatic carbocycles. The Labute approximate surface area is 128 Å². The van der Waals surface area contributed by atoms with E-state index in [1.807, 2.05) is 0 Å². The summed E-state index contributed by atoms with van der Waals surface area (Å²) in [5.74, 6) is -0.408. The Kier molecular flexibility index (Phi) is 3.73. The Morgan fingerprint density at radius 2 is 2.35 bits per heavy atom. The van der Waals surface area contributed by atoms with E-state index in [4.69, 9.17) is 0 Å². The van der Waals surface area contributed by atoms with E-state index < -0.39 is 0 Å². The molecule has 0 spiro atoms. The van der Waals surface area contributed by atoms with Crippen LogP contribution in [0.25, 0.3) is 0 Å². The van der Waals surface area contributed by atoms with E-state index in [1.165, 1.54) is 17.4 Å². The highest BCUT2D eigenvalue weighted by atomic mass is 79.9. The molecule has 0 unspecified atom stereocenters. The number of aromatic nitrogens is 1. The summed E-state index contributed by atoms with van der Waals surface area (Å²) in [6.07, 6.45) is 0.880. The summed E-state index contributed by atoms with van der Waals surface area (Å²) in [5.41, 5.74) is 1.28. The van der Waals surface area contributed by atoms with Gasteiger partial charge in [-0.25, -0.2) is 4.98 Å². The lowest BCUT2D eigenvalue weighted by Crippen LogP contribution is -2.22. The van der Waals surface area contributed by atoms with Gasteiger partial charge in [0.15, 0.2) is 5.13 Å². The van der Waals surface area contributed by atoms with Crippen molar-refractivity contribution >= 4 is 38.3 Å². The third kappa shape index (κ3) is 2.70. The standard InChI is InChI=1S/C13H12BrN3O2S/c14-7-1-2-8(10(18)5-7)12(19)17-13-16-9-3-4-15-6-11(9)20-13/h1-2,5,15,18H,3-4,6H2,(H,16,17,19). The lowest BCUT2D eigenvalue weighted by molar-refractivity contribution is 0.102. The number of amides is 1. The number of rotatable bonds is 2. The van der Waals surface area contributed by atoms with Gasteiger partial charge >= 0.3 is 0 Å². The van der Waals surface area contributed by atoms with Crippen molar-refractivity contribution in [3.8, 4) is 5.75 Å². The zero-order valence-electron chi connectivity index (χ0n) is 10.4. The Bertz CT molecular complexity index is 648. The molecule has 0 saturated heterocycles. The Balaban J connectivity index is 1.80. The van der Waals surface area contributed by atoms with Gasteiger partial charge in [0.25, 0.3) is 5.91 Å². The molecule has 5 nitrogen and oxygen atoms in total. The van der Waals surface area contributed by atoms with Crippen molar-refractivity contribution in [1.29, 1.82) is 0 Å². The zero-order valence-corrected chi connectivity index (χ0v) is 12.8. The molecular formula is C13H12BrN3O2S. The SMILES string of the molecule is O=C(Nc1nc2c(s1)CNCC2)c1ccc(Br)cc1O. The molecule has 1 aliphatic heterocycles. The number of nitrogens with zero attached hydrogens (tertiary/aromatic N) is 1. The summed E-state index contributed by atoms with van der Waals surface area (Å²) in [4.78, 5) is 17.7. The first-order valence-corrected chi connectivity index (χ1v) is 7.73. The van der Waals surface area contributed by atoms with E-state index in [0.717, 1.165) is 34.6 Å². The highest BCUT2D eigenvalue weighted by Crippen LogP contribution is 2.27. The molecule has 2 heterocycles. The molecule has 7 heteroatoms. The third-order valence-electron chi connectivity index (χ3n) is 3.03. The lowest BCUT2D eigenvalue weighted by atomic mass is 10.2. The molecule has 1 aromatic heterocycles. The van der Waals surface area contributed by atoms with Crippen LogP contribution in [0.2, 0.25) is 0 Å². The van der Waals surface area contributed by atoms with Gasteiger partial charge in [0.2, 0.25) is 0 Å². The fourth-order valence-electron chi connectivity index (χ4n) is 2.04. The lowest BCUT2D eigenvalue weighted by Gasteiger charge is -2.09. The number of hydrogen-bond donors (Lipinski definition) is 3. The minimum Gasteiger partial charge on any atom is -0.507 e. The van der Waals surface area contributed by atoms with Gasteiger partial charge in [-0.15, -0.1) is 11.3 Å². The number of carbonyl (C=O) groups excluding carboxylic acids is 1. The Hall–Kier alpha value is -1.44. The third-order valence-corrected chi connectivity index (χ3v) is 4.53. The van der Waals surface area contributed by atoms with Crippen LogP contribution in [-0.2, 0) is 13.0 Å². The average Bonchev–Trinajstić information content (AvgIpc) is 2.80. The maximum Gasteiger partial charge on any atom is 0.261 e. The first-order valence-electron chi connectivity index (χ1n) is 6.12. The quantitative estimate of drug-likeness (QED) is 0.775. The Morgan fingerprint density at radius 3 is 3.10 bits per heavy atom. The molecule has 1 aromatic carbocycles. The molecule has 0 saturated carbocycles. The summed E-state index contributed by atoms with van der Waals surface area (Å²) in [7, 11) is 0. The van der Waals surface area contributed by atoms with Gasteiger partial charge in [-0.3, -0.25) is 10.1 Å². The molecule has 104 valence electrons. The Morgan fingerprint density at radius 1 is 1.50 bits per heavy atom. The number of carbonyl (C=O) groups is 1. The molecule has 3 rings (SSSR count). The topological polar surface area (TPSA) is 74.2 Å². The number of aromatic hydroxyl groups is 1. The van der Waals surface area contributed by atoms with Crippen LogP contribution in [0.4, 0.5) is 5.13 Å². The highest BCUT2D eigenvalue weighted by molar-refractivity contribution is 9.10. The van der Waals surface area contributed by atoms with Crippen molar-refractivity contribution < 1.29 is 9.90 Å². The minimum absolute atomic E-state index is 0.0557. The number of anilines is 1. The van der Waals surface area contributed by atoms with Gasteiger partial charge in [0.1, 0.15) is 5.75 Å². The monoisotopic (exact) mass is 353 g/mol.